The van der Waals surface area contributed by atoms with Gasteiger partial charge in [0, 0.05) is 18.0 Å². The van der Waals surface area contributed by atoms with Gasteiger partial charge in [0.15, 0.2) is 0 Å². The molecule has 4 rings (SSSR count). The molecule has 1 saturated heterocycles. The predicted molar refractivity (Wildman–Crippen MR) is 108 cm³/mol. The number of nitrogens with zero attached hydrogens (tertiary/aromatic N) is 4. The van der Waals surface area contributed by atoms with Gasteiger partial charge in [-0.15, -0.1) is 5.10 Å². The molecule has 2 aliphatic rings. The van der Waals surface area contributed by atoms with Crippen molar-refractivity contribution in [1.29, 1.82) is 0 Å². The lowest BCUT2D eigenvalue weighted by molar-refractivity contribution is -0.136. The number of thioether (sulfide) groups is 1. The summed E-state index contributed by atoms with van der Waals surface area (Å²) in [5.74, 6) is 1.74. The minimum absolute atomic E-state index is 0.174. The van der Waals surface area contributed by atoms with Crippen LogP contribution in [0.1, 0.15) is 64.6 Å². The van der Waals surface area contributed by atoms with Gasteiger partial charge in [-0.3, -0.25) is 4.79 Å². The smallest absolute Gasteiger partial charge is 0.236 e. The van der Waals surface area contributed by atoms with Gasteiger partial charge < -0.3 is 4.90 Å². The van der Waals surface area contributed by atoms with Crippen LogP contribution in [0.5, 0.6) is 0 Å². The average molecular weight is 385 g/mol. The first-order chi connectivity index (χ1) is 13.0. The van der Waals surface area contributed by atoms with Crippen LogP contribution < -0.4 is 0 Å². The zero-order chi connectivity index (χ0) is 19.0. The van der Waals surface area contributed by atoms with E-state index in [1.807, 2.05) is 29.8 Å². The maximum Gasteiger partial charge on any atom is 0.236 e. The van der Waals surface area contributed by atoms with Crippen molar-refractivity contribution >= 4 is 17.7 Å². The van der Waals surface area contributed by atoms with E-state index in [1.165, 1.54) is 31.0 Å². The van der Waals surface area contributed by atoms with Crippen LogP contribution in [0.3, 0.4) is 0 Å². The zero-order valence-electron chi connectivity index (χ0n) is 16.3. The van der Waals surface area contributed by atoms with E-state index in [1.54, 1.807) is 0 Å². The van der Waals surface area contributed by atoms with Crippen LogP contribution in [0.2, 0.25) is 0 Å². The number of likely N-dealkylation sites (tertiary alicyclic amines) is 1. The molecule has 1 aromatic heterocycles. The lowest BCUT2D eigenvalue weighted by Gasteiger charge is -2.40. The monoisotopic (exact) mass is 384 g/mol. The highest BCUT2D eigenvalue weighted by atomic mass is 32.2. The van der Waals surface area contributed by atoms with E-state index in [0.29, 0.717) is 23.2 Å². The number of piperidine rings is 1. The Morgan fingerprint density at radius 1 is 1.11 bits per heavy atom. The molecule has 3 atom stereocenters. The Kier molecular flexibility index (Phi) is 5.26. The summed E-state index contributed by atoms with van der Waals surface area (Å²) in [7, 11) is 0. The molecule has 0 spiro atoms. The van der Waals surface area contributed by atoms with Crippen molar-refractivity contribution in [2.24, 2.45) is 0 Å². The fourth-order valence-electron chi connectivity index (χ4n) is 3.99. The van der Waals surface area contributed by atoms with Gasteiger partial charge in [0.25, 0.3) is 0 Å². The first kappa shape index (κ1) is 18.5. The van der Waals surface area contributed by atoms with Crippen molar-refractivity contribution < 1.29 is 4.79 Å². The summed E-state index contributed by atoms with van der Waals surface area (Å²) in [6.45, 7) is 6.32. The van der Waals surface area contributed by atoms with Crippen molar-refractivity contribution in [1.82, 2.24) is 19.7 Å². The molecule has 1 aliphatic carbocycles. The van der Waals surface area contributed by atoms with Crippen molar-refractivity contribution in [3.8, 4) is 5.69 Å². The molecule has 0 radical (unpaired) electrons. The molecule has 144 valence electrons. The number of hydrogen-bond donors (Lipinski definition) is 0. The molecule has 0 unspecified atom stereocenters. The van der Waals surface area contributed by atoms with E-state index in [2.05, 4.69) is 30.9 Å². The Bertz CT molecular complexity index is 792. The fourth-order valence-corrected chi connectivity index (χ4v) is 4.81. The topological polar surface area (TPSA) is 51.0 Å². The summed E-state index contributed by atoms with van der Waals surface area (Å²) in [6, 6.07) is 10.8. The average Bonchev–Trinajstić information content (AvgIpc) is 3.42. The van der Waals surface area contributed by atoms with Crippen molar-refractivity contribution in [3.05, 3.63) is 36.2 Å². The number of aromatic nitrogens is 3. The van der Waals surface area contributed by atoms with Gasteiger partial charge in [-0.1, -0.05) is 30.0 Å². The van der Waals surface area contributed by atoms with Gasteiger partial charge in [-0.2, -0.15) is 0 Å². The molecule has 1 saturated carbocycles. The molecule has 0 bridgehead atoms. The highest BCUT2D eigenvalue weighted by molar-refractivity contribution is 8.00. The van der Waals surface area contributed by atoms with Crippen LogP contribution in [0, 0.1) is 0 Å². The van der Waals surface area contributed by atoms with E-state index in [0.717, 1.165) is 24.4 Å². The van der Waals surface area contributed by atoms with Crippen LogP contribution >= 0.6 is 11.8 Å². The summed E-state index contributed by atoms with van der Waals surface area (Å²) >= 11 is 1.49. The van der Waals surface area contributed by atoms with Crippen molar-refractivity contribution in [2.45, 2.75) is 81.3 Å². The maximum atomic E-state index is 13.1. The second-order valence-corrected chi connectivity index (χ2v) is 9.22. The second kappa shape index (κ2) is 7.66. The van der Waals surface area contributed by atoms with Crippen molar-refractivity contribution in [3.63, 3.8) is 0 Å². The summed E-state index contributed by atoms with van der Waals surface area (Å²) < 4.78 is 1.96. The molecular formula is C21H28N4OS. The molecule has 6 heteroatoms. The molecule has 1 aliphatic heterocycles. The first-order valence-electron chi connectivity index (χ1n) is 10.1. The molecular weight excluding hydrogens is 356 g/mol. The third kappa shape index (κ3) is 3.91. The van der Waals surface area contributed by atoms with E-state index >= 15 is 0 Å². The SMILES string of the molecule is C[C@@H]1CCC[C@@H](C)N1C(=O)[C@@H](C)Sc1nc(C2CC2)n(-c2ccccc2)n1. The standard InChI is InChI=1S/C21H28N4OS/c1-14-8-7-9-15(2)24(14)20(26)16(3)27-21-22-19(17-12-13-17)25(23-21)18-10-5-4-6-11-18/h4-6,10-11,14-17H,7-9,12-13H2,1-3H3/t14-,15-,16-/m1/s1. The molecule has 1 amide bonds. The van der Waals surface area contributed by atoms with Gasteiger partial charge >= 0.3 is 0 Å². The number of carbonyl (C=O) groups excluding carboxylic acids is 1. The Hall–Kier alpha value is -1.82. The minimum Gasteiger partial charge on any atom is -0.336 e. The van der Waals surface area contributed by atoms with E-state index in [-0.39, 0.29) is 11.2 Å². The molecule has 2 aromatic rings. The predicted octanol–water partition coefficient (Wildman–Crippen LogP) is 4.41. The number of amides is 1. The molecule has 27 heavy (non-hydrogen) atoms. The summed E-state index contributed by atoms with van der Waals surface area (Å²) in [5.41, 5.74) is 1.04. The lowest BCUT2D eigenvalue weighted by Crippen LogP contribution is -2.50. The van der Waals surface area contributed by atoms with Crippen LogP contribution in [0.4, 0.5) is 0 Å². The van der Waals surface area contributed by atoms with Crippen molar-refractivity contribution in [2.75, 3.05) is 0 Å². The molecule has 2 heterocycles. The zero-order valence-corrected chi connectivity index (χ0v) is 17.2. The van der Waals surface area contributed by atoms with E-state index < -0.39 is 0 Å². The third-order valence-corrected chi connectivity index (χ3v) is 6.57. The lowest BCUT2D eigenvalue weighted by atomic mass is 9.97. The highest BCUT2D eigenvalue weighted by Gasteiger charge is 2.34. The second-order valence-electron chi connectivity index (χ2n) is 7.91. The quantitative estimate of drug-likeness (QED) is 0.716. The van der Waals surface area contributed by atoms with E-state index in [9.17, 15) is 4.79 Å². The van der Waals surface area contributed by atoms with Gasteiger partial charge in [0.2, 0.25) is 11.1 Å². The number of benzene rings is 1. The molecule has 1 aromatic carbocycles. The number of carbonyl (C=O) groups is 1. The maximum absolute atomic E-state index is 13.1. The Labute approximate surface area is 165 Å². The Morgan fingerprint density at radius 2 is 1.78 bits per heavy atom. The van der Waals surface area contributed by atoms with Gasteiger partial charge in [-0.25, -0.2) is 9.67 Å². The normalized spacial score (nSPS) is 24.0. The summed E-state index contributed by atoms with van der Waals surface area (Å²) in [4.78, 5) is 20.0. The Balaban J connectivity index is 1.53. The molecule has 0 N–H and O–H groups in total. The van der Waals surface area contributed by atoms with Gasteiger partial charge in [-0.05, 0) is 65.0 Å². The summed E-state index contributed by atoms with van der Waals surface area (Å²) in [6.07, 6.45) is 5.75. The van der Waals surface area contributed by atoms with Crippen LogP contribution in [0.25, 0.3) is 5.69 Å². The number of rotatable bonds is 5. The fraction of sp³-hybridized carbons (Fsp3) is 0.571. The number of para-hydroxylation sites is 1. The van der Waals surface area contributed by atoms with Crippen LogP contribution in [-0.4, -0.2) is 42.9 Å². The first-order valence-corrected chi connectivity index (χ1v) is 10.9. The molecule has 2 fully saturated rings. The minimum atomic E-state index is -0.174. The van der Waals surface area contributed by atoms with Crippen LogP contribution in [0.15, 0.2) is 35.5 Å². The van der Waals surface area contributed by atoms with Crippen LogP contribution in [-0.2, 0) is 4.79 Å². The van der Waals surface area contributed by atoms with Gasteiger partial charge in [0.1, 0.15) is 5.82 Å². The third-order valence-electron chi connectivity index (χ3n) is 5.63. The molecule has 5 nitrogen and oxygen atoms in total. The largest absolute Gasteiger partial charge is 0.336 e. The van der Waals surface area contributed by atoms with E-state index in [4.69, 9.17) is 10.1 Å². The highest BCUT2D eigenvalue weighted by Crippen LogP contribution is 2.40. The Morgan fingerprint density at radius 3 is 2.41 bits per heavy atom. The summed E-state index contributed by atoms with van der Waals surface area (Å²) in [5, 5.41) is 5.28. The van der Waals surface area contributed by atoms with Gasteiger partial charge in [0.05, 0.1) is 10.9 Å². The number of hydrogen-bond acceptors (Lipinski definition) is 4.